The number of anilines is 3. The van der Waals surface area contributed by atoms with Crippen molar-refractivity contribution in [3.05, 3.63) is 106 Å². The molecule has 5 N–H and O–H groups in total. The Labute approximate surface area is 460 Å². The summed E-state index contributed by atoms with van der Waals surface area (Å²) in [5, 5.41) is 26.3. The highest BCUT2D eigenvalue weighted by atomic mass is 32.1. The number of halogens is 2. The van der Waals surface area contributed by atoms with Gasteiger partial charge in [-0.2, -0.15) is 5.12 Å². The van der Waals surface area contributed by atoms with Crippen LogP contribution in [0.15, 0.2) is 78.9 Å². The van der Waals surface area contributed by atoms with E-state index in [1.54, 1.807) is 6.07 Å². The summed E-state index contributed by atoms with van der Waals surface area (Å²) >= 11 is 1.04. The molecule has 4 fully saturated rings. The number of carbonyl (C=O) groups excluding carboxylic acids is 7. The quantitative estimate of drug-likeness (QED) is 0.0435. The van der Waals surface area contributed by atoms with E-state index in [4.69, 9.17) is 19.7 Å². The van der Waals surface area contributed by atoms with Crippen LogP contribution < -0.4 is 25.6 Å². The monoisotopic (exact) mass is 1100 g/mol. The third-order valence-electron chi connectivity index (χ3n) is 14.2. The highest BCUT2D eigenvalue weighted by Gasteiger charge is 2.58. The molecule has 1 aromatic heterocycles. The minimum atomic E-state index is -1.15. The number of rotatable bonds is 17. The van der Waals surface area contributed by atoms with Gasteiger partial charge in [-0.1, -0.05) is 73.8 Å². The van der Waals surface area contributed by atoms with E-state index in [2.05, 4.69) is 22.9 Å². The van der Waals surface area contributed by atoms with Gasteiger partial charge in [-0.3, -0.25) is 19.2 Å². The number of likely N-dealkylation sites (N-methyl/N-ethyl adjacent to an activating group) is 1. The number of aliphatic hydroxyl groups is 2. The number of likely N-dealkylation sites (tertiary alicyclic amines) is 1. The van der Waals surface area contributed by atoms with E-state index in [1.807, 2.05) is 105 Å². The van der Waals surface area contributed by atoms with Gasteiger partial charge in [0.2, 0.25) is 6.41 Å². The molecular formula is C59H76F2N6O10S. The van der Waals surface area contributed by atoms with E-state index in [9.17, 15) is 37.6 Å². The normalized spacial score (nSPS) is 16.4. The third kappa shape index (κ3) is 15.9. The molecule has 19 heteroatoms. The second kappa shape index (κ2) is 30.9. The van der Waals surface area contributed by atoms with Crippen LogP contribution in [0.4, 0.5) is 30.7 Å². The van der Waals surface area contributed by atoms with Crippen molar-refractivity contribution in [2.75, 3.05) is 56.5 Å². The number of nitrogens with zero attached hydrogens (tertiary/aromatic N) is 3. The average Bonchev–Trinajstić information content (AvgIpc) is 4.47. The Hall–Kier alpha value is -6.93. The number of benzene rings is 4. The molecule has 2 aliphatic heterocycles. The van der Waals surface area contributed by atoms with Gasteiger partial charge in [-0.15, -0.1) is 11.3 Å². The molecular weight excluding hydrogens is 1020 g/mol. The van der Waals surface area contributed by atoms with Crippen LogP contribution in [0.5, 0.6) is 5.75 Å². The van der Waals surface area contributed by atoms with Gasteiger partial charge in [0, 0.05) is 74.7 Å². The van der Waals surface area contributed by atoms with Gasteiger partial charge in [-0.25, -0.2) is 9.18 Å². The predicted molar refractivity (Wildman–Crippen MR) is 304 cm³/mol. The van der Waals surface area contributed by atoms with E-state index >= 15 is 0 Å². The predicted octanol–water partition coefficient (Wildman–Crippen LogP) is 10.0. The maximum Gasteiger partial charge on any atom is 0.321 e. The Morgan fingerprint density at radius 1 is 0.897 bits per heavy atom. The van der Waals surface area contributed by atoms with Crippen LogP contribution in [0.3, 0.4) is 0 Å². The lowest BCUT2D eigenvalue weighted by Crippen LogP contribution is -2.52. The first-order chi connectivity index (χ1) is 37.8. The standard InChI is InChI=1S/C32H37FN4O4.C22H23FN2O3S.C2H6.2CH4O.CH2O/c1-4-23-9-6-10-25(20-23)34-32(41)36-17-15-24(16-18-36)26-13-14-28(30-22(2)8-5-11-27(26)30)37(21-39)29(12-7-19-38)31(40)35(3)33;23-18-19(28-9-8-26)17(13-27)29-20(18)14-2-1-3-15(10-14)24-16-11-21(4-5-21)25-22(12-16)6-7-22;4*1-2/h5-6,8-11,13-14,19-21,24,29H,4,7,12,15-18H2,1-3H3,(H,34,41);1-3,8,10,13,16,24-25H,4-7,9,11-12H2;1-2H3;2*2H,1H3;1H2. The van der Waals surface area contributed by atoms with E-state index in [1.165, 1.54) is 30.6 Å². The summed E-state index contributed by atoms with van der Waals surface area (Å²) in [6.07, 6.45) is 12.0. The van der Waals surface area contributed by atoms with Crippen molar-refractivity contribution in [2.24, 2.45) is 0 Å². The molecule has 422 valence electrons. The fraction of sp³-hybridized carbons (Fsp3) is 0.441. The molecule has 0 bridgehead atoms. The summed E-state index contributed by atoms with van der Waals surface area (Å²) in [5.74, 6) is -1.44. The number of carbonyl (C=O) groups is 7. The molecule has 4 aliphatic rings. The fourth-order valence-electron chi connectivity index (χ4n) is 10.4. The molecule has 9 rings (SSSR count). The first-order valence-corrected chi connectivity index (χ1v) is 27.1. The summed E-state index contributed by atoms with van der Waals surface area (Å²) < 4.78 is 34.0. The molecule has 78 heavy (non-hydrogen) atoms. The molecule has 3 heterocycles. The van der Waals surface area contributed by atoms with Gasteiger partial charge >= 0.3 is 6.03 Å². The summed E-state index contributed by atoms with van der Waals surface area (Å²) in [6.45, 7) is 10.9. The molecule has 2 saturated heterocycles. The number of aldehydes is 3. The number of nitrogens with one attached hydrogen (secondary N) is 3. The number of aliphatic hydroxyl groups excluding tert-OH is 2. The van der Waals surface area contributed by atoms with Gasteiger partial charge in [-0.05, 0) is 135 Å². The van der Waals surface area contributed by atoms with Gasteiger partial charge in [0.1, 0.15) is 30.6 Å². The van der Waals surface area contributed by atoms with Crippen LogP contribution >= 0.6 is 11.3 Å². The van der Waals surface area contributed by atoms with Crippen LogP contribution in [0.1, 0.15) is 117 Å². The van der Waals surface area contributed by atoms with Crippen molar-refractivity contribution < 1.29 is 57.4 Å². The van der Waals surface area contributed by atoms with Crippen molar-refractivity contribution in [2.45, 2.75) is 127 Å². The van der Waals surface area contributed by atoms with E-state index < -0.39 is 17.8 Å². The smallest absolute Gasteiger partial charge is 0.321 e. The van der Waals surface area contributed by atoms with Crippen molar-refractivity contribution in [3.63, 3.8) is 0 Å². The van der Waals surface area contributed by atoms with Crippen LogP contribution in [0.2, 0.25) is 0 Å². The summed E-state index contributed by atoms with van der Waals surface area (Å²) in [7, 11) is 2.99. The number of aryl methyl sites for hydroxylation is 2. The minimum Gasteiger partial charge on any atom is -0.481 e. The Morgan fingerprint density at radius 2 is 1.53 bits per heavy atom. The molecule has 4 amide bonds. The number of thiophene rings is 1. The third-order valence-corrected chi connectivity index (χ3v) is 15.3. The van der Waals surface area contributed by atoms with Crippen molar-refractivity contribution in [1.29, 1.82) is 0 Å². The van der Waals surface area contributed by atoms with E-state index in [-0.39, 0.29) is 47.1 Å². The second-order valence-corrected chi connectivity index (χ2v) is 20.1. The number of hydrogen-bond donors (Lipinski definition) is 5. The lowest BCUT2D eigenvalue weighted by molar-refractivity contribution is -0.145. The maximum atomic E-state index is 14.9. The zero-order valence-corrected chi connectivity index (χ0v) is 46.6. The van der Waals surface area contributed by atoms with Crippen LogP contribution in [-0.2, 0) is 30.4 Å². The number of urea groups is 1. The number of ether oxygens (including phenoxy) is 1. The second-order valence-electron chi connectivity index (χ2n) is 19.1. The molecule has 0 radical (unpaired) electrons. The first kappa shape index (κ1) is 63.6. The van der Waals surface area contributed by atoms with Crippen molar-refractivity contribution in [3.8, 4) is 16.2 Å². The molecule has 2 saturated carbocycles. The Bertz CT molecular complexity index is 2760. The lowest BCUT2D eigenvalue weighted by atomic mass is 9.85. The number of amides is 4. The van der Waals surface area contributed by atoms with E-state index in [0.717, 1.165) is 104 Å². The maximum absolute atomic E-state index is 14.9. The Morgan fingerprint density at radius 3 is 2.10 bits per heavy atom. The van der Waals surface area contributed by atoms with Gasteiger partial charge in [0.05, 0.1) is 10.6 Å². The van der Waals surface area contributed by atoms with Gasteiger partial charge in [0.15, 0.2) is 24.1 Å². The summed E-state index contributed by atoms with van der Waals surface area (Å²) in [6, 6.07) is 24.3. The Kier molecular flexibility index (Phi) is 25.2. The highest BCUT2D eigenvalue weighted by molar-refractivity contribution is 7.17. The molecule has 1 atom stereocenters. The molecule has 1 unspecified atom stereocenters. The number of fused-ring (bicyclic) bond motifs is 1. The van der Waals surface area contributed by atoms with Crippen molar-refractivity contribution >= 4 is 83.2 Å². The molecule has 2 aliphatic carbocycles. The van der Waals surface area contributed by atoms with Crippen LogP contribution in [0, 0.1) is 12.7 Å². The number of piperidine rings is 2. The topological polar surface area (TPSA) is 215 Å². The zero-order valence-electron chi connectivity index (χ0n) is 45.8. The molecule has 16 nitrogen and oxygen atoms in total. The molecule has 4 aromatic carbocycles. The van der Waals surface area contributed by atoms with Gasteiger partial charge < -0.3 is 50.3 Å². The van der Waals surface area contributed by atoms with Crippen LogP contribution in [-0.4, -0.2) is 128 Å². The lowest BCUT2D eigenvalue weighted by Gasteiger charge is -2.38. The average molecular weight is 1100 g/mol. The minimum absolute atomic E-state index is 0.00766. The zero-order chi connectivity index (χ0) is 57.6. The van der Waals surface area contributed by atoms with Crippen molar-refractivity contribution in [1.82, 2.24) is 15.3 Å². The first-order valence-electron chi connectivity index (χ1n) is 26.3. The summed E-state index contributed by atoms with van der Waals surface area (Å²) in [5.41, 5.74) is 6.76. The molecule has 5 aromatic rings. The van der Waals surface area contributed by atoms with E-state index in [0.29, 0.717) is 71.6 Å². The highest BCUT2D eigenvalue weighted by Crippen LogP contribution is 2.54. The summed E-state index contributed by atoms with van der Waals surface area (Å²) in [4.78, 5) is 82.5. The largest absolute Gasteiger partial charge is 0.481 e. The van der Waals surface area contributed by atoms with Gasteiger partial charge in [0.25, 0.3) is 5.91 Å². The fourth-order valence-corrected chi connectivity index (χ4v) is 11.3. The van der Waals surface area contributed by atoms with Crippen LogP contribution in [0.25, 0.3) is 21.2 Å². The SMILES string of the molecule is C=O.CC.CCc1cccc(NC(=O)N2CCC(c3ccc(N(C=O)C(CCC=O)C(=O)N(C)F)c4c(C)cccc34)CC2)c1.CO.CO.O=CCOc1c(C=O)sc(-c2cccc(NC3CC4(CC4)NC4(CC4)C3)c2)c1F. The Balaban J connectivity index is 0.000000310. The number of hydrogen-bond acceptors (Lipinski definition) is 13. The molecule has 2 spiro atoms.